The van der Waals surface area contributed by atoms with Crippen LogP contribution in [0.4, 0.5) is 0 Å². The van der Waals surface area contributed by atoms with Crippen LogP contribution in [0.5, 0.6) is 0 Å². The van der Waals surface area contributed by atoms with Gasteiger partial charge < -0.3 is 9.84 Å². The highest BCUT2D eigenvalue weighted by Crippen LogP contribution is 2.23. The molecule has 2 amide bonds. The van der Waals surface area contributed by atoms with Crippen LogP contribution >= 0.6 is 0 Å². The number of fused-ring (bicyclic) bond motifs is 1. The van der Waals surface area contributed by atoms with E-state index in [4.69, 9.17) is 12.6 Å². The molecule has 2 atom stereocenters. The maximum atomic E-state index is 12.3. The lowest BCUT2D eigenvalue weighted by Gasteiger charge is -2.21. The predicted octanol–water partition coefficient (Wildman–Crippen LogP) is 2.89. The first-order valence-electron chi connectivity index (χ1n) is 10.0. The molecule has 0 spiro atoms. The first-order chi connectivity index (χ1) is 13.5. The van der Waals surface area contributed by atoms with Crippen molar-refractivity contribution in [3.8, 4) is 0 Å². The molecule has 0 fully saturated rings. The van der Waals surface area contributed by atoms with Crippen LogP contribution in [0.2, 0.25) is 6.32 Å². The van der Waals surface area contributed by atoms with Crippen molar-refractivity contribution in [1.82, 2.24) is 4.90 Å². The number of hydrogen-bond acceptors (Lipinski definition) is 5. The summed E-state index contributed by atoms with van der Waals surface area (Å²) >= 11 is 0. The summed E-state index contributed by atoms with van der Waals surface area (Å²) in [5.74, 6) is -0.770. The minimum absolute atomic E-state index is 0.110. The number of esters is 1. The molecule has 2 rings (SSSR count). The zero-order valence-electron chi connectivity index (χ0n) is 16.4. The van der Waals surface area contributed by atoms with Gasteiger partial charge in [-0.2, -0.15) is 0 Å². The highest BCUT2D eigenvalue weighted by atomic mass is 16.6. The second-order valence-electron chi connectivity index (χ2n) is 7.06. The summed E-state index contributed by atoms with van der Waals surface area (Å²) in [5, 5.41) is 9.71. The van der Waals surface area contributed by atoms with Crippen LogP contribution in [0.1, 0.15) is 72.6 Å². The lowest BCUT2D eigenvalue weighted by atomic mass is 9.94. The first-order valence-corrected chi connectivity index (χ1v) is 10.0. The minimum Gasteiger partial charge on any atom is -0.460 e. The number of aliphatic hydroxyl groups is 1. The zero-order valence-corrected chi connectivity index (χ0v) is 16.4. The van der Waals surface area contributed by atoms with Crippen molar-refractivity contribution >= 4 is 25.6 Å². The molecule has 150 valence electrons. The van der Waals surface area contributed by atoms with Crippen molar-refractivity contribution in [3.63, 3.8) is 0 Å². The van der Waals surface area contributed by atoms with Gasteiger partial charge in [-0.3, -0.25) is 19.3 Å². The lowest BCUT2D eigenvalue weighted by molar-refractivity contribution is -0.153. The van der Waals surface area contributed by atoms with Crippen molar-refractivity contribution in [1.29, 1.82) is 0 Å². The summed E-state index contributed by atoms with van der Waals surface area (Å²) in [5.41, 5.74) is 0.963. The van der Waals surface area contributed by atoms with Crippen LogP contribution in [0.15, 0.2) is 24.3 Å². The van der Waals surface area contributed by atoms with Gasteiger partial charge in [-0.05, 0) is 37.7 Å². The highest BCUT2D eigenvalue weighted by molar-refractivity contribution is 6.21. The standard InChI is InChI=1S/C21H28BNO5/c1-2-17(24)18(14-22)28-19(25)12-6-4-3-5-9-13-23-20(26)15-10-7-8-11-16(15)21(23)27/h7-8,10-11,17-18,24H,2-6,9,12-14H2,1H3/t17-,18-/m0/s1. The number of ether oxygens (including phenoxy) is 1. The van der Waals surface area contributed by atoms with Gasteiger partial charge in [0.05, 0.1) is 25.1 Å². The Morgan fingerprint density at radius 1 is 1.07 bits per heavy atom. The van der Waals surface area contributed by atoms with Gasteiger partial charge in [0, 0.05) is 13.0 Å². The van der Waals surface area contributed by atoms with Crippen molar-refractivity contribution in [2.24, 2.45) is 0 Å². The molecular formula is C21H28BNO5. The Bertz CT molecular complexity index is 658. The number of carbonyl (C=O) groups is 3. The maximum absolute atomic E-state index is 12.3. The second-order valence-corrected chi connectivity index (χ2v) is 7.06. The molecule has 0 aromatic heterocycles. The lowest BCUT2D eigenvalue weighted by Crippen LogP contribution is -2.30. The number of imide groups is 1. The van der Waals surface area contributed by atoms with Gasteiger partial charge in [-0.1, -0.05) is 38.3 Å². The number of rotatable bonds is 12. The van der Waals surface area contributed by atoms with Crippen LogP contribution < -0.4 is 0 Å². The quantitative estimate of drug-likeness (QED) is 0.259. The Hall–Kier alpha value is -2.15. The molecule has 0 bridgehead atoms. The monoisotopic (exact) mass is 385 g/mol. The molecule has 0 saturated heterocycles. The average molecular weight is 385 g/mol. The molecule has 1 N–H and O–H groups in total. The van der Waals surface area contributed by atoms with Crippen molar-refractivity contribution < 1.29 is 24.2 Å². The topological polar surface area (TPSA) is 83.9 Å². The van der Waals surface area contributed by atoms with E-state index in [0.29, 0.717) is 36.9 Å². The SMILES string of the molecule is [B]C[C@H](OC(=O)CCCCCCCN1C(=O)c2ccccc2C1=O)[C@@H](O)CC. The Morgan fingerprint density at radius 3 is 2.21 bits per heavy atom. The fourth-order valence-corrected chi connectivity index (χ4v) is 3.29. The fourth-order valence-electron chi connectivity index (χ4n) is 3.29. The molecule has 28 heavy (non-hydrogen) atoms. The van der Waals surface area contributed by atoms with Crippen LogP contribution in [0.3, 0.4) is 0 Å². The molecule has 1 aromatic rings. The van der Waals surface area contributed by atoms with Crippen LogP contribution in [0, 0.1) is 0 Å². The summed E-state index contributed by atoms with van der Waals surface area (Å²) in [6, 6.07) is 6.89. The van der Waals surface area contributed by atoms with Gasteiger partial charge >= 0.3 is 5.97 Å². The maximum Gasteiger partial charge on any atom is 0.306 e. The Morgan fingerprint density at radius 2 is 1.64 bits per heavy atom. The van der Waals surface area contributed by atoms with E-state index in [1.807, 2.05) is 6.92 Å². The Balaban J connectivity index is 1.59. The number of unbranched alkanes of at least 4 members (excludes halogenated alkanes) is 4. The van der Waals surface area contributed by atoms with Crippen molar-refractivity contribution in [2.45, 2.75) is 70.4 Å². The molecule has 0 unspecified atom stereocenters. The number of nitrogens with zero attached hydrogens (tertiary/aromatic N) is 1. The fraction of sp³-hybridized carbons (Fsp3) is 0.571. The Kier molecular flexibility index (Phi) is 8.70. The van der Waals surface area contributed by atoms with Gasteiger partial charge in [0.2, 0.25) is 0 Å². The molecular weight excluding hydrogens is 357 g/mol. The van der Waals surface area contributed by atoms with E-state index in [9.17, 15) is 19.5 Å². The largest absolute Gasteiger partial charge is 0.460 e. The summed E-state index contributed by atoms with van der Waals surface area (Å²) in [4.78, 5) is 37.6. The molecule has 1 aliphatic rings. The van der Waals surface area contributed by atoms with Gasteiger partial charge in [0.15, 0.2) is 0 Å². The highest BCUT2D eigenvalue weighted by Gasteiger charge is 2.34. The summed E-state index contributed by atoms with van der Waals surface area (Å²) in [6.45, 7) is 2.23. The van der Waals surface area contributed by atoms with Crippen LogP contribution in [-0.4, -0.2) is 54.4 Å². The van der Waals surface area contributed by atoms with Gasteiger partial charge in [0.1, 0.15) is 6.10 Å². The zero-order chi connectivity index (χ0) is 20.5. The smallest absolute Gasteiger partial charge is 0.306 e. The normalized spacial score (nSPS) is 15.4. The van der Waals surface area contributed by atoms with Crippen molar-refractivity contribution in [2.75, 3.05) is 6.54 Å². The third-order valence-electron chi connectivity index (χ3n) is 5.00. The molecule has 0 saturated carbocycles. The molecule has 1 aliphatic heterocycles. The molecule has 7 heteroatoms. The second kappa shape index (κ2) is 11.0. The Labute approximate surface area is 167 Å². The number of amides is 2. The van der Waals surface area contributed by atoms with Gasteiger partial charge in [0.25, 0.3) is 11.8 Å². The number of aliphatic hydroxyl groups excluding tert-OH is 1. The molecule has 6 nitrogen and oxygen atoms in total. The van der Waals surface area contributed by atoms with E-state index >= 15 is 0 Å². The number of hydrogen-bond donors (Lipinski definition) is 1. The average Bonchev–Trinajstić information content (AvgIpc) is 2.95. The van der Waals surface area contributed by atoms with E-state index in [0.717, 1.165) is 25.7 Å². The van der Waals surface area contributed by atoms with E-state index in [1.165, 1.54) is 4.90 Å². The number of benzene rings is 1. The third-order valence-corrected chi connectivity index (χ3v) is 5.00. The van der Waals surface area contributed by atoms with E-state index < -0.39 is 12.2 Å². The first kappa shape index (κ1) is 22.1. The summed E-state index contributed by atoms with van der Waals surface area (Å²) < 4.78 is 5.21. The third kappa shape index (κ3) is 5.68. The van der Waals surface area contributed by atoms with E-state index in [-0.39, 0.29) is 24.1 Å². The van der Waals surface area contributed by atoms with Gasteiger partial charge in [-0.25, -0.2) is 0 Å². The van der Waals surface area contributed by atoms with E-state index in [1.54, 1.807) is 24.3 Å². The number of carbonyl (C=O) groups excluding carboxylic acids is 3. The van der Waals surface area contributed by atoms with E-state index in [2.05, 4.69) is 0 Å². The van der Waals surface area contributed by atoms with Gasteiger partial charge in [-0.15, -0.1) is 0 Å². The summed E-state index contributed by atoms with van der Waals surface area (Å²) in [6.07, 6.45) is 3.62. The minimum atomic E-state index is -0.726. The summed E-state index contributed by atoms with van der Waals surface area (Å²) in [7, 11) is 5.52. The molecule has 1 aromatic carbocycles. The van der Waals surface area contributed by atoms with Crippen molar-refractivity contribution in [3.05, 3.63) is 35.4 Å². The molecule has 1 heterocycles. The van der Waals surface area contributed by atoms with Crippen LogP contribution in [-0.2, 0) is 9.53 Å². The molecule has 0 aliphatic carbocycles. The molecule has 2 radical (unpaired) electrons. The van der Waals surface area contributed by atoms with Crippen LogP contribution in [0.25, 0.3) is 0 Å². The predicted molar refractivity (Wildman–Crippen MR) is 106 cm³/mol.